The van der Waals surface area contributed by atoms with Crippen LogP contribution < -0.4 is 0 Å². The van der Waals surface area contributed by atoms with Crippen LogP contribution in [-0.4, -0.2) is 5.11 Å². The number of hydrogen-bond acceptors (Lipinski definition) is 2. The molecule has 0 aliphatic carbocycles. The highest BCUT2D eigenvalue weighted by Crippen LogP contribution is 2.38. The predicted molar refractivity (Wildman–Crippen MR) is 75.3 cm³/mol. The first-order chi connectivity index (χ1) is 7.63. The third-order valence-corrected chi connectivity index (χ3v) is 4.63. The van der Waals surface area contributed by atoms with E-state index in [0.717, 1.165) is 9.87 Å². The first-order valence-corrected chi connectivity index (χ1v) is 6.45. The van der Waals surface area contributed by atoms with Crippen molar-refractivity contribution in [3.63, 3.8) is 0 Å². The Bertz CT molecular complexity index is 581. The Morgan fingerprint density at radius 2 is 2.25 bits per heavy atom. The zero-order valence-corrected chi connectivity index (χ0v) is 11.2. The maximum atomic E-state index is 9.47. The lowest BCUT2D eigenvalue weighted by Gasteiger charge is -1.96. The molecule has 0 unspecified atom stereocenters. The van der Waals surface area contributed by atoms with Crippen molar-refractivity contribution in [2.75, 3.05) is 0 Å². The summed E-state index contributed by atoms with van der Waals surface area (Å²) in [6, 6.07) is 5.46. The lowest BCUT2D eigenvalue weighted by atomic mass is 10.1. The van der Waals surface area contributed by atoms with Gasteiger partial charge in [-0.1, -0.05) is 12.7 Å². The number of aryl methyl sites for hydroxylation is 1. The molecule has 0 amide bonds. The molecule has 3 heteroatoms. The van der Waals surface area contributed by atoms with Gasteiger partial charge in [-0.05, 0) is 58.1 Å². The minimum Gasteiger partial charge on any atom is -0.508 e. The molecule has 0 aliphatic heterocycles. The molecular weight excluding hydrogens is 284 g/mol. The van der Waals surface area contributed by atoms with Gasteiger partial charge in [0, 0.05) is 14.1 Å². The van der Waals surface area contributed by atoms with Gasteiger partial charge in [0.15, 0.2) is 0 Å². The van der Waals surface area contributed by atoms with Gasteiger partial charge in [-0.25, -0.2) is 0 Å². The molecule has 2 rings (SSSR count). The minimum absolute atomic E-state index is 0.309. The Morgan fingerprint density at radius 3 is 2.94 bits per heavy atom. The lowest BCUT2D eigenvalue weighted by Crippen LogP contribution is -1.74. The minimum atomic E-state index is 0.309. The molecule has 0 bridgehead atoms. The fraction of sp³-hybridized carbons (Fsp3) is 0.0769. The Hall–Kier alpha value is -1.06. The summed E-state index contributed by atoms with van der Waals surface area (Å²) < 4.78 is 2.21. The van der Waals surface area contributed by atoms with E-state index in [1.807, 2.05) is 12.1 Å². The van der Waals surface area contributed by atoms with E-state index in [9.17, 15) is 5.11 Å². The fourth-order valence-electron chi connectivity index (χ4n) is 1.62. The van der Waals surface area contributed by atoms with Gasteiger partial charge >= 0.3 is 0 Å². The van der Waals surface area contributed by atoms with E-state index in [-0.39, 0.29) is 0 Å². The first-order valence-electron chi connectivity index (χ1n) is 4.84. The molecule has 1 N–H and O–H groups in total. The number of aromatic hydroxyl groups is 1. The summed E-state index contributed by atoms with van der Waals surface area (Å²) in [5.74, 6) is 0.309. The molecule has 1 aromatic heterocycles. The van der Waals surface area contributed by atoms with E-state index < -0.39 is 0 Å². The number of allylic oxidation sites excluding steroid dienone is 2. The second-order valence-electron chi connectivity index (χ2n) is 3.49. The monoisotopic (exact) mass is 294 g/mol. The van der Waals surface area contributed by atoms with Crippen molar-refractivity contribution in [3.8, 4) is 5.75 Å². The van der Waals surface area contributed by atoms with Gasteiger partial charge in [0.05, 0.1) is 0 Å². The molecule has 82 valence electrons. The molecule has 1 nitrogen and oxygen atoms in total. The van der Waals surface area contributed by atoms with Gasteiger partial charge in [0.25, 0.3) is 0 Å². The molecule has 1 heterocycles. The molecule has 0 atom stereocenters. The molecule has 0 radical (unpaired) electrons. The molecule has 2 aromatic rings. The highest BCUT2D eigenvalue weighted by molar-refractivity contribution is 9.15. The van der Waals surface area contributed by atoms with Crippen molar-refractivity contribution in [1.82, 2.24) is 0 Å². The van der Waals surface area contributed by atoms with E-state index >= 15 is 0 Å². The van der Waals surface area contributed by atoms with Crippen LogP contribution >= 0.6 is 27.3 Å². The number of benzene rings is 1. The van der Waals surface area contributed by atoms with Crippen LogP contribution in [0.2, 0.25) is 0 Å². The summed E-state index contributed by atoms with van der Waals surface area (Å²) in [4.78, 5) is 1.18. The van der Waals surface area contributed by atoms with Crippen LogP contribution in [0.4, 0.5) is 0 Å². The number of phenolic OH excluding ortho intramolecular Hbond substituents is 1. The zero-order chi connectivity index (χ0) is 11.7. The van der Waals surface area contributed by atoms with Gasteiger partial charge in [0.1, 0.15) is 5.75 Å². The van der Waals surface area contributed by atoms with Gasteiger partial charge in [-0.3, -0.25) is 0 Å². The Balaban J connectivity index is 2.69. The van der Waals surface area contributed by atoms with Gasteiger partial charge in [-0.2, -0.15) is 0 Å². The van der Waals surface area contributed by atoms with Crippen molar-refractivity contribution in [2.45, 2.75) is 6.92 Å². The third-order valence-electron chi connectivity index (χ3n) is 2.40. The number of rotatable bonds is 2. The Labute approximate surface area is 107 Å². The summed E-state index contributed by atoms with van der Waals surface area (Å²) in [6.07, 6.45) is 3.68. The van der Waals surface area contributed by atoms with Gasteiger partial charge in [0.2, 0.25) is 0 Å². The van der Waals surface area contributed by atoms with Crippen molar-refractivity contribution >= 4 is 41.8 Å². The summed E-state index contributed by atoms with van der Waals surface area (Å²) in [5, 5.41) is 10.6. The average Bonchev–Trinajstić information content (AvgIpc) is 2.57. The molecule has 16 heavy (non-hydrogen) atoms. The maximum absolute atomic E-state index is 9.47. The average molecular weight is 295 g/mol. The molecule has 1 aromatic carbocycles. The third kappa shape index (κ3) is 1.93. The highest BCUT2D eigenvalue weighted by atomic mass is 79.9. The summed E-state index contributed by atoms with van der Waals surface area (Å²) in [7, 11) is 0. The normalized spacial score (nSPS) is 12.0. The largest absolute Gasteiger partial charge is 0.508 e. The summed E-state index contributed by atoms with van der Waals surface area (Å²) in [6.45, 7) is 5.74. The second-order valence-corrected chi connectivity index (χ2v) is 5.39. The number of thiophene rings is 1. The zero-order valence-electron chi connectivity index (χ0n) is 8.83. The molecule has 0 aliphatic rings. The molecular formula is C13H11BrOS. The molecule has 0 saturated carbocycles. The van der Waals surface area contributed by atoms with Crippen molar-refractivity contribution in [2.24, 2.45) is 0 Å². The molecule has 0 saturated heterocycles. The standard InChI is InChI=1S/C13H11BrOS/c1-3-4-11(14)13-8(2)10-7-9(15)5-6-12(10)16-13/h3-7,15H,1H2,2H3/b11-4+. The van der Waals surface area contributed by atoms with Crippen molar-refractivity contribution in [3.05, 3.63) is 47.4 Å². The first kappa shape index (κ1) is 11.4. The number of hydrogen-bond donors (Lipinski definition) is 1. The van der Waals surface area contributed by atoms with E-state index in [1.54, 1.807) is 29.5 Å². The van der Waals surface area contributed by atoms with Crippen LogP contribution in [0, 0.1) is 6.92 Å². The Kier molecular flexibility index (Phi) is 3.17. The van der Waals surface area contributed by atoms with E-state index in [2.05, 4.69) is 29.4 Å². The topological polar surface area (TPSA) is 20.2 Å². The maximum Gasteiger partial charge on any atom is 0.116 e. The fourth-order valence-corrected chi connectivity index (χ4v) is 3.45. The summed E-state index contributed by atoms with van der Waals surface area (Å²) in [5.41, 5.74) is 1.18. The SMILES string of the molecule is C=C/C=C(/Br)c1sc2ccc(O)cc2c1C. The Morgan fingerprint density at radius 1 is 1.50 bits per heavy atom. The van der Waals surface area contributed by atoms with Gasteiger partial charge < -0.3 is 5.11 Å². The predicted octanol–water partition coefficient (Wildman–Crippen LogP) is 4.84. The number of phenols is 1. The van der Waals surface area contributed by atoms with Crippen LogP contribution in [0.5, 0.6) is 5.75 Å². The van der Waals surface area contributed by atoms with Crippen LogP contribution in [-0.2, 0) is 0 Å². The van der Waals surface area contributed by atoms with Crippen LogP contribution in [0.3, 0.4) is 0 Å². The van der Waals surface area contributed by atoms with E-state index in [0.29, 0.717) is 5.75 Å². The smallest absolute Gasteiger partial charge is 0.116 e. The number of halogens is 1. The number of fused-ring (bicyclic) bond motifs is 1. The van der Waals surface area contributed by atoms with Gasteiger partial charge in [-0.15, -0.1) is 11.3 Å². The van der Waals surface area contributed by atoms with Crippen LogP contribution in [0.1, 0.15) is 10.4 Å². The second kappa shape index (κ2) is 4.44. The van der Waals surface area contributed by atoms with Crippen molar-refractivity contribution < 1.29 is 5.11 Å². The van der Waals surface area contributed by atoms with Crippen LogP contribution in [0.15, 0.2) is 36.9 Å². The van der Waals surface area contributed by atoms with E-state index in [4.69, 9.17) is 0 Å². The molecule has 0 spiro atoms. The highest BCUT2D eigenvalue weighted by Gasteiger charge is 2.10. The van der Waals surface area contributed by atoms with Crippen molar-refractivity contribution in [1.29, 1.82) is 0 Å². The van der Waals surface area contributed by atoms with E-state index in [1.165, 1.54) is 15.1 Å². The summed E-state index contributed by atoms with van der Waals surface area (Å²) >= 11 is 5.24. The van der Waals surface area contributed by atoms with Crippen LogP contribution in [0.25, 0.3) is 14.6 Å². The quantitative estimate of drug-likeness (QED) is 0.786. The lowest BCUT2D eigenvalue weighted by molar-refractivity contribution is 0.476. The molecule has 0 fully saturated rings.